The summed E-state index contributed by atoms with van der Waals surface area (Å²) in [6.45, 7) is 14.1. The molecule has 5 atom stereocenters. The Morgan fingerprint density at radius 1 is 0.833 bits per heavy atom. The van der Waals surface area contributed by atoms with Crippen LogP contribution in [0.1, 0.15) is 94.4 Å². The van der Waals surface area contributed by atoms with Gasteiger partial charge in [-0.05, 0) is 30.6 Å². The average Bonchev–Trinajstić information content (AvgIpc) is 3.79. The number of rotatable bonds is 0. The van der Waals surface area contributed by atoms with Crippen LogP contribution in [-0.4, -0.2) is 4.21 Å². The number of halogens is 2. The van der Waals surface area contributed by atoms with E-state index in [-0.39, 0.29) is 24.8 Å². The summed E-state index contributed by atoms with van der Waals surface area (Å²) >= 11 is 1.30. The number of hydrogen-bond acceptors (Lipinski definition) is 0. The SMILES string of the molecule is C[C-]1C2=C3Cc4ccccc4C3C3CCCCC3C2CC(C)C1(C)C.Cc1cc[c-]cc1.Cc1cc[c-]cc1.Cl.Cl.[C-]1=CC=CC1.[CH2]=[Zr]. The predicted octanol–water partition coefficient (Wildman–Crippen LogP) is 12.4. The molecule has 0 spiro atoms. The van der Waals surface area contributed by atoms with Crippen LogP contribution in [0, 0.1) is 67.1 Å². The molecular formula is C45H56Cl2Zr-4. The second-order valence-electron chi connectivity index (χ2n) is 14.2. The van der Waals surface area contributed by atoms with Crippen LogP contribution in [0.2, 0.25) is 0 Å². The molecule has 5 aliphatic carbocycles. The van der Waals surface area contributed by atoms with E-state index in [1.807, 2.05) is 71.8 Å². The molecular weight excluding hydrogens is 703 g/mol. The molecule has 3 aromatic carbocycles. The van der Waals surface area contributed by atoms with Crippen molar-refractivity contribution < 1.29 is 24.2 Å². The van der Waals surface area contributed by atoms with Gasteiger partial charge in [0.05, 0.1) is 0 Å². The van der Waals surface area contributed by atoms with E-state index in [1.165, 1.54) is 73.9 Å². The molecule has 0 saturated heterocycles. The molecule has 0 heterocycles. The van der Waals surface area contributed by atoms with E-state index >= 15 is 0 Å². The van der Waals surface area contributed by atoms with E-state index in [2.05, 4.69) is 94.3 Å². The minimum atomic E-state index is 0. The van der Waals surface area contributed by atoms with Crippen LogP contribution >= 0.6 is 24.8 Å². The van der Waals surface area contributed by atoms with Crippen molar-refractivity contribution in [3.05, 3.63) is 149 Å². The number of hydrogen-bond donors (Lipinski definition) is 0. The second-order valence-corrected chi connectivity index (χ2v) is 14.2. The van der Waals surface area contributed by atoms with Crippen molar-refractivity contribution in [2.75, 3.05) is 0 Å². The summed E-state index contributed by atoms with van der Waals surface area (Å²) < 4.78 is 3.34. The molecule has 0 radical (unpaired) electrons. The van der Waals surface area contributed by atoms with Crippen LogP contribution in [0.25, 0.3) is 0 Å². The molecule has 0 nitrogen and oxygen atoms in total. The van der Waals surface area contributed by atoms with Crippen LogP contribution in [0.15, 0.2) is 102 Å². The Kier molecular flexibility index (Phi) is 18.2. The third-order valence-electron chi connectivity index (χ3n) is 11.2. The minimum absolute atomic E-state index is 0. The summed E-state index contributed by atoms with van der Waals surface area (Å²) in [5, 5.41) is 0. The first-order chi connectivity index (χ1) is 22.3. The predicted molar refractivity (Wildman–Crippen MR) is 209 cm³/mol. The molecule has 5 aliphatic rings. The summed E-state index contributed by atoms with van der Waals surface area (Å²) in [6.07, 6.45) is 18.5. The molecule has 0 N–H and O–H groups in total. The van der Waals surface area contributed by atoms with Gasteiger partial charge in [0.1, 0.15) is 0 Å². The van der Waals surface area contributed by atoms with Gasteiger partial charge in [-0.3, -0.25) is 6.08 Å². The van der Waals surface area contributed by atoms with Gasteiger partial charge >= 0.3 is 28.4 Å². The van der Waals surface area contributed by atoms with Gasteiger partial charge in [0.15, 0.2) is 0 Å². The average molecular weight is 759 g/mol. The van der Waals surface area contributed by atoms with Gasteiger partial charge in [-0.2, -0.15) is 77.9 Å². The van der Waals surface area contributed by atoms with Crippen molar-refractivity contribution in [2.24, 2.45) is 29.1 Å². The Morgan fingerprint density at radius 3 is 1.88 bits per heavy atom. The third kappa shape index (κ3) is 10.3. The zero-order chi connectivity index (χ0) is 33.1. The number of allylic oxidation sites excluding steroid dienone is 6. The molecule has 2 saturated carbocycles. The Bertz CT molecular complexity index is 1410. The number of benzene rings is 3. The maximum absolute atomic E-state index is 3.34. The van der Waals surface area contributed by atoms with Gasteiger partial charge in [0, 0.05) is 0 Å². The van der Waals surface area contributed by atoms with Crippen LogP contribution in [0.3, 0.4) is 0 Å². The van der Waals surface area contributed by atoms with Crippen LogP contribution < -0.4 is 0 Å². The zero-order valence-electron chi connectivity index (χ0n) is 30.0. The van der Waals surface area contributed by atoms with Crippen molar-refractivity contribution in [1.29, 1.82) is 0 Å². The quantitative estimate of drug-likeness (QED) is 0.200. The Balaban J connectivity index is 0.000000284. The summed E-state index contributed by atoms with van der Waals surface area (Å²) in [4.78, 5) is 0. The van der Waals surface area contributed by atoms with Crippen molar-refractivity contribution in [3.63, 3.8) is 0 Å². The molecule has 3 heteroatoms. The topological polar surface area (TPSA) is 0 Å². The maximum atomic E-state index is 3.34. The standard InChI is InChI=1S/C25H33.2C7H7.C5H5.CH2.2ClH.Zr/c1-15-13-21-19-11-7-8-12-20(19)24-18-10-6-5-9-17(18)14-22(24)23(21)16(2)25(15,3)4;2*1-7-5-3-2-4-6-7;1-2-4-5-3-1;;;;/h5-6,9-10,15,19-21,24H,7-8,11-14H2,1-4H3;2*3-6H,1H3;1-3H,4H2;1H2;2*1H;/q4*-1;;;;. The molecule has 0 aromatic heterocycles. The molecule has 0 amide bonds. The van der Waals surface area contributed by atoms with E-state index in [0.29, 0.717) is 5.41 Å². The first kappa shape index (κ1) is 42.3. The number of fused-ring (bicyclic) bond motifs is 7. The molecule has 5 unspecified atom stereocenters. The van der Waals surface area contributed by atoms with Gasteiger partial charge < -0.3 is 0 Å². The van der Waals surface area contributed by atoms with Gasteiger partial charge in [0.25, 0.3) is 0 Å². The van der Waals surface area contributed by atoms with E-state index in [9.17, 15) is 0 Å². The number of aryl methyl sites for hydroxylation is 2. The normalized spacial score (nSPS) is 24.6. The van der Waals surface area contributed by atoms with Crippen molar-refractivity contribution in [2.45, 2.75) is 92.4 Å². The van der Waals surface area contributed by atoms with Crippen LogP contribution in [0.4, 0.5) is 0 Å². The summed E-state index contributed by atoms with van der Waals surface area (Å²) in [7, 11) is 0. The van der Waals surface area contributed by atoms with Crippen molar-refractivity contribution in [1.82, 2.24) is 0 Å². The summed E-state index contributed by atoms with van der Waals surface area (Å²) in [5.41, 5.74) is 9.94. The first-order valence-corrected chi connectivity index (χ1v) is 19.1. The molecule has 0 aliphatic heterocycles. The van der Waals surface area contributed by atoms with Gasteiger partial charge in [-0.15, -0.1) is 38.2 Å². The first-order valence-electron chi connectivity index (χ1n) is 17.4. The molecule has 3 aromatic rings. The molecule has 48 heavy (non-hydrogen) atoms. The van der Waals surface area contributed by atoms with Gasteiger partial charge in [-0.25, -0.2) is 29.2 Å². The molecule has 258 valence electrons. The fraction of sp³-hybridized carbons (Fsp3) is 0.422. The van der Waals surface area contributed by atoms with Crippen LogP contribution in [0.5, 0.6) is 0 Å². The Labute approximate surface area is 321 Å². The summed E-state index contributed by atoms with van der Waals surface area (Å²) in [6, 6.07) is 31.0. The fourth-order valence-corrected chi connectivity index (χ4v) is 8.29. The zero-order valence-corrected chi connectivity index (χ0v) is 34.1. The molecule has 8 rings (SSSR count). The van der Waals surface area contributed by atoms with Gasteiger partial charge in [-0.1, -0.05) is 113 Å². The van der Waals surface area contributed by atoms with Crippen LogP contribution in [-0.2, 0) is 30.7 Å². The third-order valence-corrected chi connectivity index (χ3v) is 11.2. The second kappa shape index (κ2) is 20.7. The van der Waals surface area contributed by atoms with Crippen molar-refractivity contribution >= 4 is 29.0 Å². The van der Waals surface area contributed by atoms with E-state index < -0.39 is 0 Å². The Hall–Kier alpha value is -1.92. The fourth-order valence-electron chi connectivity index (χ4n) is 8.29. The summed E-state index contributed by atoms with van der Waals surface area (Å²) in [5.74, 6) is 6.00. The molecule has 2 fully saturated rings. The molecule has 0 bridgehead atoms. The van der Waals surface area contributed by atoms with Gasteiger partial charge in [0.2, 0.25) is 0 Å². The van der Waals surface area contributed by atoms with E-state index in [0.717, 1.165) is 36.0 Å². The van der Waals surface area contributed by atoms with E-state index in [4.69, 9.17) is 0 Å². The van der Waals surface area contributed by atoms with E-state index in [1.54, 1.807) is 17.0 Å². The monoisotopic (exact) mass is 756 g/mol. The van der Waals surface area contributed by atoms with Crippen molar-refractivity contribution in [3.8, 4) is 0 Å². The Morgan fingerprint density at radius 2 is 1.40 bits per heavy atom.